The van der Waals surface area contributed by atoms with Crippen LogP contribution in [0.25, 0.3) is 93.5 Å². The minimum absolute atomic E-state index is 0.105. The Bertz CT molecular complexity index is 4090. The fourth-order valence-electron chi connectivity index (χ4n) is 11.1. The van der Waals surface area contributed by atoms with Crippen molar-refractivity contribution in [1.29, 1.82) is 5.41 Å². The summed E-state index contributed by atoms with van der Waals surface area (Å²) in [5.41, 5.74) is 24.2. The number of hydrogen-bond acceptors (Lipinski definition) is 1. The number of aliphatic imine (C=N–C) groups is 1. The molecule has 0 spiro atoms. The molecule has 0 unspecified atom stereocenters. The number of amidine groups is 2. The van der Waals surface area contributed by atoms with E-state index in [0.717, 1.165) is 55.3 Å². The van der Waals surface area contributed by atoms with Gasteiger partial charge in [0.1, 0.15) is 5.84 Å². The highest BCUT2D eigenvalue weighted by Crippen LogP contribution is 2.55. The second kappa shape index (κ2) is 18.0. The van der Waals surface area contributed by atoms with Crippen LogP contribution in [-0.2, 0) is 5.41 Å². The topological polar surface area (TPSA) is 67.2 Å². The summed E-state index contributed by atoms with van der Waals surface area (Å²) in [5, 5.41) is 16.9. The van der Waals surface area contributed by atoms with Gasteiger partial charge in [0.05, 0.1) is 11.0 Å². The first kappa shape index (κ1) is 44.1. The number of fused-ring (bicyclic) bond motifs is 11. The van der Waals surface area contributed by atoms with Crippen LogP contribution in [0.15, 0.2) is 248 Å². The van der Waals surface area contributed by atoms with Crippen LogP contribution in [0.1, 0.15) is 41.7 Å². The van der Waals surface area contributed by atoms with Gasteiger partial charge >= 0.3 is 0 Å². The number of rotatable bonds is 6. The molecule has 12 aromatic rings. The number of aromatic nitrogens is 1. The Balaban J connectivity index is 0.000000700. The normalized spacial score (nSPS) is 12.7. The highest BCUT2D eigenvalue weighted by atomic mass is 15.0. The lowest BCUT2D eigenvalue weighted by atomic mass is 9.78. The standard InChI is InChI=1S/C61H44N4.C7H8/c1-61(2)53-37-41(31-32-51(53)57-49-25-11-9-23-47(49)48-24-10-12-26-50(48)58(57)61)42-33-43(35-44(34-42)60(63)64-59(62)39-19-7-4-8-20-39)46-28-16-30-55-56(46)52-27-13-14-29-54(52)65(55)45-22-15-21-40(36-45)38-17-5-3-6-18-38;1-7-5-3-2-4-6-7/h3-37H,1-2H3,(H3,62,63,64);2-6H,1H3. The summed E-state index contributed by atoms with van der Waals surface area (Å²) in [6, 6.07) is 85.7. The van der Waals surface area contributed by atoms with Gasteiger partial charge in [-0.15, -0.1) is 0 Å². The third-order valence-electron chi connectivity index (χ3n) is 14.5. The SMILES string of the molecule is CC1(C)c2cc(-c3cc(C(=N)N=C(N)c4ccccc4)cc(-c4cccc5c4c4ccccc4n5-c4cccc(-c5ccccc5)c4)c3)ccc2-c2c1c1ccccc1c1ccccc21.Cc1ccccc1. The van der Waals surface area contributed by atoms with E-state index in [4.69, 9.17) is 10.7 Å². The van der Waals surface area contributed by atoms with E-state index in [9.17, 15) is 5.41 Å². The largest absolute Gasteiger partial charge is 0.383 e. The molecule has 0 saturated carbocycles. The van der Waals surface area contributed by atoms with E-state index in [1.165, 1.54) is 60.5 Å². The molecule has 72 heavy (non-hydrogen) atoms. The average molecular weight is 925 g/mol. The number of aryl methyl sites for hydroxylation is 1. The van der Waals surface area contributed by atoms with Gasteiger partial charge in [-0.2, -0.15) is 0 Å². The van der Waals surface area contributed by atoms with Crippen LogP contribution >= 0.6 is 0 Å². The molecular formula is C68H52N4. The van der Waals surface area contributed by atoms with Gasteiger partial charge in [-0.1, -0.05) is 214 Å². The van der Waals surface area contributed by atoms with E-state index in [2.05, 4.69) is 219 Å². The first-order valence-electron chi connectivity index (χ1n) is 24.7. The van der Waals surface area contributed by atoms with Crippen molar-refractivity contribution in [2.24, 2.45) is 10.7 Å². The zero-order chi connectivity index (χ0) is 48.9. The second-order valence-electron chi connectivity index (χ2n) is 19.4. The van der Waals surface area contributed by atoms with Crippen molar-refractivity contribution in [3.05, 3.63) is 270 Å². The Morgan fingerprint density at radius 3 is 1.74 bits per heavy atom. The minimum atomic E-state index is -0.267. The van der Waals surface area contributed by atoms with Gasteiger partial charge in [-0.25, -0.2) is 4.99 Å². The first-order chi connectivity index (χ1) is 35.2. The molecule has 1 aliphatic carbocycles. The fraction of sp³-hybridized carbons (Fsp3) is 0.0588. The Morgan fingerprint density at radius 1 is 0.444 bits per heavy atom. The van der Waals surface area contributed by atoms with E-state index in [-0.39, 0.29) is 11.3 Å². The molecule has 0 radical (unpaired) electrons. The summed E-state index contributed by atoms with van der Waals surface area (Å²) in [4.78, 5) is 4.72. The highest BCUT2D eigenvalue weighted by Gasteiger charge is 2.38. The number of hydrogen-bond donors (Lipinski definition) is 2. The van der Waals surface area contributed by atoms with Crippen LogP contribution in [0.4, 0.5) is 0 Å². The van der Waals surface area contributed by atoms with Crippen LogP contribution in [0.3, 0.4) is 0 Å². The van der Waals surface area contributed by atoms with Crippen LogP contribution in [0, 0.1) is 12.3 Å². The zero-order valence-corrected chi connectivity index (χ0v) is 40.6. The second-order valence-corrected chi connectivity index (χ2v) is 19.4. The van der Waals surface area contributed by atoms with Crippen molar-refractivity contribution >= 4 is 55.0 Å². The molecule has 4 heteroatoms. The van der Waals surface area contributed by atoms with Crippen molar-refractivity contribution in [2.75, 3.05) is 0 Å². The van der Waals surface area contributed by atoms with Gasteiger partial charge < -0.3 is 10.3 Å². The molecule has 1 heterocycles. The molecule has 0 atom stereocenters. The third-order valence-corrected chi connectivity index (χ3v) is 14.5. The maximum absolute atomic E-state index is 9.48. The van der Waals surface area contributed by atoms with Crippen molar-refractivity contribution < 1.29 is 0 Å². The predicted octanol–water partition coefficient (Wildman–Crippen LogP) is 17.1. The molecule has 0 aliphatic heterocycles. The molecule has 3 N–H and O–H groups in total. The number of nitrogens with two attached hydrogens (primary N) is 1. The monoisotopic (exact) mass is 924 g/mol. The summed E-state index contributed by atoms with van der Waals surface area (Å²) in [7, 11) is 0. The zero-order valence-electron chi connectivity index (χ0n) is 40.6. The summed E-state index contributed by atoms with van der Waals surface area (Å²) in [6.45, 7) is 6.82. The molecule has 4 nitrogen and oxygen atoms in total. The Hall–Kier alpha value is -9.12. The van der Waals surface area contributed by atoms with E-state index in [1.807, 2.05) is 48.5 Å². The number of nitrogens with zero attached hydrogens (tertiary/aromatic N) is 2. The van der Waals surface area contributed by atoms with Crippen LogP contribution in [0.5, 0.6) is 0 Å². The fourth-order valence-corrected chi connectivity index (χ4v) is 11.1. The smallest absolute Gasteiger partial charge is 0.154 e. The van der Waals surface area contributed by atoms with Crippen molar-refractivity contribution in [3.63, 3.8) is 0 Å². The van der Waals surface area contributed by atoms with Crippen LogP contribution < -0.4 is 5.73 Å². The molecule has 11 aromatic carbocycles. The molecule has 0 bridgehead atoms. The Kier molecular flexibility index (Phi) is 11.0. The summed E-state index contributed by atoms with van der Waals surface area (Å²) in [5.74, 6) is 0.413. The van der Waals surface area contributed by atoms with Crippen molar-refractivity contribution in [3.8, 4) is 50.2 Å². The number of benzene rings is 11. The number of nitrogens with one attached hydrogen (secondary N) is 1. The van der Waals surface area contributed by atoms with Gasteiger partial charge in [-0.3, -0.25) is 5.41 Å². The Morgan fingerprint density at radius 2 is 1.01 bits per heavy atom. The summed E-state index contributed by atoms with van der Waals surface area (Å²) < 4.78 is 2.38. The van der Waals surface area contributed by atoms with Gasteiger partial charge in [0.2, 0.25) is 0 Å². The number of para-hydroxylation sites is 1. The van der Waals surface area contributed by atoms with E-state index in [1.54, 1.807) is 0 Å². The quantitative estimate of drug-likeness (QED) is 0.0974. The summed E-state index contributed by atoms with van der Waals surface area (Å²) in [6.07, 6.45) is 0. The predicted molar refractivity (Wildman–Crippen MR) is 305 cm³/mol. The minimum Gasteiger partial charge on any atom is -0.383 e. The summed E-state index contributed by atoms with van der Waals surface area (Å²) >= 11 is 0. The Labute approximate surface area is 420 Å². The highest BCUT2D eigenvalue weighted by molar-refractivity contribution is 6.19. The molecule has 1 aromatic heterocycles. The van der Waals surface area contributed by atoms with E-state index < -0.39 is 0 Å². The van der Waals surface area contributed by atoms with Gasteiger partial charge in [-0.05, 0) is 133 Å². The molecule has 0 saturated heterocycles. The van der Waals surface area contributed by atoms with Gasteiger partial charge in [0.15, 0.2) is 5.84 Å². The van der Waals surface area contributed by atoms with E-state index in [0.29, 0.717) is 11.4 Å². The maximum Gasteiger partial charge on any atom is 0.154 e. The molecule has 0 amide bonds. The van der Waals surface area contributed by atoms with Crippen LogP contribution in [-0.4, -0.2) is 16.2 Å². The molecule has 13 rings (SSSR count). The molecule has 1 aliphatic rings. The van der Waals surface area contributed by atoms with Crippen molar-refractivity contribution in [2.45, 2.75) is 26.2 Å². The maximum atomic E-state index is 9.48. The average Bonchev–Trinajstić information content (AvgIpc) is 3.90. The van der Waals surface area contributed by atoms with Gasteiger partial charge in [0.25, 0.3) is 0 Å². The lowest BCUT2D eigenvalue weighted by molar-refractivity contribution is 0.667. The molecule has 0 fully saturated rings. The first-order valence-corrected chi connectivity index (χ1v) is 24.7. The third kappa shape index (κ3) is 7.65. The van der Waals surface area contributed by atoms with Gasteiger partial charge in [0, 0.05) is 33.0 Å². The molecular weight excluding hydrogens is 873 g/mol. The lowest BCUT2D eigenvalue weighted by Crippen LogP contribution is -2.16. The van der Waals surface area contributed by atoms with Crippen molar-refractivity contribution in [1.82, 2.24) is 4.57 Å². The lowest BCUT2D eigenvalue weighted by Gasteiger charge is -2.24. The van der Waals surface area contributed by atoms with Crippen LogP contribution in [0.2, 0.25) is 0 Å². The molecule has 344 valence electrons. The van der Waals surface area contributed by atoms with E-state index >= 15 is 0 Å².